The van der Waals surface area contributed by atoms with Crippen LogP contribution in [0.5, 0.6) is 0 Å². The van der Waals surface area contributed by atoms with E-state index in [4.69, 9.17) is 9.84 Å². The zero-order valence-corrected chi connectivity index (χ0v) is 8.65. The number of carbonyl (C=O) groups excluding carboxylic acids is 1. The molecule has 0 radical (unpaired) electrons. The molecular formula is C11H16O4. The van der Waals surface area contributed by atoms with Gasteiger partial charge in [0.2, 0.25) is 0 Å². The van der Waals surface area contributed by atoms with Crippen molar-refractivity contribution in [3.05, 3.63) is 12.2 Å². The molecule has 0 aromatic heterocycles. The van der Waals surface area contributed by atoms with Crippen LogP contribution in [0.4, 0.5) is 0 Å². The molecule has 1 N–H and O–H groups in total. The normalized spacial score (nSPS) is 19.7. The predicted molar refractivity (Wildman–Crippen MR) is 54.6 cm³/mol. The van der Waals surface area contributed by atoms with Crippen molar-refractivity contribution in [2.24, 2.45) is 0 Å². The molecule has 1 unspecified atom stereocenters. The Labute approximate surface area is 88.9 Å². The SMILES string of the molecule is O=C(O)CCCCCOC1C=CC(=O)C1. The molecule has 1 atom stereocenters. The Morgan fingerprint density at radius 2 is 2.27 bits per heavy atom. The molecule has 0 bridgehead atoms. The van der Waals surface area contributed by atoms with Gasteiger partial charge in [0.15, 0.2) is 5.78 Å². The van der Waals surface area contributed by atoms with Gasteiger partial charge in [0.05, 0.1) is 6.10 Å². The van der Waals surface area contributed by atoms with Crippen molar-refractivity contribution in [3.8, 4) is 0 Å². The minimum atomic E-state index is -0.750. The van der Waals surface area contributed by atoms with Gasteiger partial charge in [0, 0.05) is 19.4 Å². The molecule has 84 valence electrons. The summed E-state index contributed by atoms with van der Waals surface area (Å²) in [7, 11) is 0. The summed E-state index contributed by atoms with van der Waals surface area (Å²) in [5.41, 5.74) is 0. The lowest BCUT2D eigenvalue weighted by atomic mass is 10.2. The Morgan fingerprint density at radius 1 is 1.47 bits per heavy atom. The van der Waals surface area contributed by atoms with Gasteiger partial charge in [0.1, 0.15) is 0 Å². The van der Waals surface area contributed by atoms with Gasteiger partial charge < -0.3 is 9.84 Å². The van der Waals surface area contributed by atoms with Gasteiger partial charge in [-0.05, 0) is 18.9 Å². The van der Waals surface area contributed by atoms with Crippen LogP contribution in [0.3, 0.4) is 0 Å². The topological polar surface area (TPSA) is 63.6 Å². The van der Waals surface area contributed by atoms with E-state index >= 15 is 0 Å². The summed E-state index contributed by atoms with van der Waals surface area (Å²) in [6.45, 7) is 0.599. The third-order valence-corrected chi connectivity index (χ3v) is 2.27. The van der Waals surface area contributed by atoms with Crippen molar-refractivity contribution in [3.63, 3.8) is 0 Å². The van der Waals surface area contributed by atoms with Crippen LogP contribution < -0.4 is 0 Å². The quantitative estimate of drug-likeness (QED) is 0.650. The second-order valence-corrected chi connectivity index (χ2v) is 3.64. The van der Waals surface area contributed by atoms with Crippen molar-refractivity contribution >= 4 is 11.8 Å². The number of carbonyl (C=O) groups is 2. The Morgan fingerprint density at radius 3 is 2.87 bits per heavy atom. The number of ether oxygens (including phenoxy) is 1. The molecule has 0 aromatic carbocycles. The van der Waals surface area contributed by atoms with Gasteiger partial charge in [-0.25, -0.2) is 0 Å². The number of hydrogen-bond donors (Lipinski definition) is 1. The average Bonchev–Trinajstić information content (AvgIpc) is 2.57. The summed E-state index contributed by atoms with van der Waals surface area (Å²) in [4.78, 5) is 21.0. The van der Waals surface area contributed by atoms with E-state index in [0.29, 0.717) is 19.4 Å². The van der Waals surface area contributed by atoms with E-state index < -0.39 is 5.97 Å². The number of carboxylic acid groups (broad SMARTS) is 1. The fraction of sp³-hybridized carbons (Fsp3) is 0.636. The molecule has 0 aromatic rings. The van der Waals surface area contributed by atoms with E-state index in [-0.39, 0.29) is 18.3 Å². The number of aliphatic carboxylic acids is 1. The number of ketones is 1. The van der Waals surface area contributed by atoms with Crippen LogP contribution >= 0.6 is 0 Å². The van der Waals surface area contributed by atoms with Gasteiger partial charge in [-0.1, -0.05) is 12.5 Å². The highest BCUT2D eigenvalue weighted by atomic mass is 16.5. The zero-order chi connectivity index (χ0) is 11.1. The Hall–Kier alpha value is -1.16. The predicted octanol–water partition coefficient (Wildman–Crippen LogP) is 1.55. The number of allylic oxidation sites excluding steroid dienone is 1. The van der Waals surface area contributed by atoms with Crippen LogP contribution in [0, 0.1) is 0 Å². The van der Waals surface area contributed by atoms with Crippen LogP contribution in [0.15, 0.2) is 12.2 Å². The van der Waals surface area contributed by atoms with Crippen molar-refractivity contribution in [1.82, 2.24) is 0 Å². The summed E-state index contributed by atoms with van der Waals surface area (Å²) in [6.07, 6.45) is 6.35. The first-order chi connectivity index (χ1) is 7.18. The largest absolute Gasteiger partial charge is 0.481 e. The summed E-state index contributed by atoms with van der Waals surface area (Å²) in [6, 6.07) is 0. The van der Waals surface area contributed by atoms with E-state index in [1.165, 1.54) is 0 Å². The maximum absolute atomic E-state index is 10.8. The molecule has 1 aliphatic rings. The minimum Gasteiger partial charge on any atom is -0.481 e. The van der Waals surface area contributed by atoms with Crippen molar-refractivity contribution < 1.29 is 19.4 Å². The first-order valence-electron chi connectivity index (χ1n) is 5.23. The number of carboxylic acids is 1. The van der Waals surface area contributed by atoms with Crippen molar-refractivity contribution in [2.75, 3.05) is 6.61 Å². The lowest BCUT2D eigenvalue weighted by Gasteiger charge is -2.08. The smallest absolute Gasteiger partial charge is 0.303 e. The maximum Gasteiger partial charge on any atom is 0.303 e. The van der Waals surface area contributed by atoms with E-state index in [1.807, 2.05) is 0 Å². The lowest BCUT2D eigenvalue weighted by molar-refractivity contribution is -0.137. The highest BCUT2D eigenvalue weighted by Crippen LogP contribution is 2.11. The third kappa shape index (κ3) is 5.32. The monoisotopic (exact) mass is 212 g/mol. The molecule has 4 heteroatoms. The van der Waals surface area contributed by atoms with E-state index in [1.54, 1.807) is 12.2 Å². The molecule has 0 amide bonds. The standard InChI is InChI=1S/C11H16O4/c12-9-5-6-10(8-9)15-7-3-1-2-4-11(13)14/h5-6,10H,1-4,7-8H2,(H,13,14). The molecular weight excluding hydrogens is 196 g/mol. The summed E-state index contributed by atoms with van der Waals surface area (Å²) >= 11 is 0. The zero-order valence-electron chi connectivity index (χ0n) is 8.65. The molecule has 15 heavy (non-hydrogen) atoms. The average molecular weight is 212 g/mol. The van der Waals surface area contributed by atoms with Gasteiger partial charge >= 0.3 is 5.97 Å². The van der Waals surface area contributed by atoms with Crippen LogP contribution in [0.25, 0.3) is 0 Å². The van der Waals surface area contributed by atoms with Gasteiger partial charge in [-0.15, -0.1) is 0 Å². The molecule has 0 saturated carbocycles. The Bertz CT molecular complexity index is 257. The van der Waals surface area contributed by atoms with Crippen LogP contribution in [0.2, 0.25) is 0 Å². The van der Waals surface area contributed by atoms with Crippen molar-refractivity contribution in [2.45, 2.75) is 38.2 Å². The molecule has 0 aliphatic heterocycles. The van der Waals surface area contributed by atoms with Crippen LogP contribution in [0.1, 0.15) is 32.1 Å². The summed E-state index contributed by atoms with van der Waals surface area (Å²) in [5.74, 6) is -0.633. The van der Waals surface area contributed by atoms with Crippen molar-refractivity contribution in [1.29, 1.82) is 0 Å². The molecule has 0 heterocycles. The van der Waals surface area contributed by atoms with E-state index in [0.717, 1.165) is 12.8 Å². The summed E-state index contributed by atoms with van der Waals surface area (Å²) < 4.78 is 5.43. The van der Waals surface area contributed by atoms with Crippen LogP contribution in [-0.2, 0) is 14.3 Å². The van der Waals surface area contributed by atoms with Gasteiger partial charge in [-0.2, -0.15) is 0 Å². The fourth-order valence-corrected chi connectivity index (χ4v) is 1.45. The minimum absolute atomic E-state index is 0.0584. The van der Waals surface area contributed by atoms with Gasteiger partial charge in [-0.3, -0.25) is 9.59 Å². The second kappa shape index (κ2) is 6.35. The first-order valence-corrected chi connectivity index (χ1v) is 5.23. The summed E-state index contributed by atoms with van der Waals surface area (Å²) in [5, 5.41) is 8.39. The lowest BCUT2D eigenvalue weighted by Crippen LogP contribution is -2.09. The second-order valence-electron chi connectivity index (χ2n) is 3.64. The molecule has 1 rings (SSSR count). The Balaban J connectivity index is 1.91. The van der Waals surface area contributed by atoms with Gasteiger partial charge in [0.25, 0.3) is 0 Å². The third-order valence-electron chi connectivity index (χ3n) is 2.27. The number of unbranched alkanes of at least 4 members (excludes halogenated alkanes) is 2. The first kappa shape index (κ1) is 11.9. The highest BCUT2D eigenvalue weighted by Gasteiger charge is 2.15. The molecule has 0 saturated heterocycles. The highest BCUT2D eigenvalue weighted by molar-refractivity contribution is 5.92. The number of rotatable bonds is 7. The molecule has 1 aliphatic carbocycles. The van der Waals surface area contributed by atoms with Crippen LogP contribution in [-0.4, -0.2) is 29.6 Å². The molecule has 4 nitrogen and oxygen atoms in total. The molecule has 0 fully saturated rings. The fourth-order valence-electron chi connectivity index (χ4n) is 1.45. The Kier molecular flexibility index (Phi) is 5.04. The van der Waals surface area contributed by atoms with E-state index in [9.17, 15) is 9.59 Å². The maximum atomic E-state index is 10.8. The molecule has 0 spiro atoms. The number of hydrogen-bond acceptors (Lipinski definition) is 3. The van der Waals surface area contributed by atoms with E-state index in [2.05, 4.69) is 0 Å².